The summed E-state index contributed by atoms with van der Waals surface area (Å²) < 4.78 is 10.8. The number of hydrazone groups is 1. The number of amides is 1. The fourth-order valence-electron chi connectivity index (χ4n) is 2.74. The van der Waals surface area contributed by atoms with Crippen molar-refractivity contribution >= 4 is 29.4 Å². The van der Waals surface area contributed by atoms with Crippen LogP contribution in [-0.2, 0) is 9.59 Å². The van der Waals surface area contributed by atoms with Gasteiger partial charge in [-0.2, -0.15) is 10.1 Å². The van der Waals surface area contributed by atoms with Gasteiger partial charge >= 0.3 is 5.97 Å². The van der Waals surface area contributed by atoms with Crippen molar-refractivity contribution in [1.82, 2.24) is 0 Å². The van der Waals surface area contributed by atoms with Crippen molar-refractivity contribution in [2.75, 3.05) is 18.2 Å². The van der Waals surface area contributed by atoms with Gasteiger partial charge in [0.1, 0.15) is 0 Å². The molecule has 0 radical (unpaired) electrons. The number of para-hydroxylation sites is 1. The van der Waals surface area contributed by atoms with Crippen molar-refractivity contribution in [3.63, 3.8) is 0 Å². The molecule has 0 saturated carbocycles. The van der Waals surface area contributed by atoms with Gasteiger partial charge in [0.2, 0.25) is 0 Å². The molecule has 144 valence electrons. The lowest BCUT2D eigenvalue weighted by Gasteiger charge is -2.12. The Hall–Kier alpha value is -3.61. The molecule has 1 heterocycles. The lowest BCUT2D eigenvalue weighted by molar-refractivity contribution is -0.139. The monoisotopic (exact) mass is 380 g/mol. The second-order valence-corrected chi connectivity index (χ2v) is 6.02. The molecule has 0 bridgehead atoms. The van der Waals surface area contributed by atoms with Gasteiger partial charge in [-0.1, -0.05) is 24.3 Å². The number of hydrogen-bond donors (Lipinski definition) is 1. The second-order valence-electron chi connectivity index (χ2n) is 6.02. The van der Waals surface area contributed by atoms with E-state index in [0.717, 1.165) is 5.56 Å². The maximum absolute atomic E-state index is 12.8. The number of aliphatic carboxylic acids is 1. The standard InChI is InChI=1S/C21H20N2O5/c1-3-27-19-12-15(9-10-18(19)28-13-20(24)25)11-17-14(2)22-23(21(17)26)16-7-5-4-6-8-16/h4-12H,3,13H2,1-2H3,(H,24,25). The molecule has 0 atom stereocenters. The highest BCUT2D eigenvalue weighted by Crippen LogP contribution is 2.31. The molecule has 1 N–H and O–H groups in total. The van der Waals surface area contributed by atoms with E-state index < -0.39 is 12.6 Å². The van der Waals surface area contributed by atoms with E-state index in [1.165, 1.54) is 5.01 Å². The van der Waals surface area contributed by atoms with Gasteiger partial charge in [-0.05, 0) is 49.8 Å². The van der Waals surface area contributed by atoms with Crippen LogP contribution in [0.2, 0.25) is 0 Å². The van der Waals surface area contributed by atoms with Gasteiger partial charge in [0, 0.05) is 0 Å². The predicted octanol–water partition coefficient (Wildman–Crippen LogP) is 3.35. The van der Waals surface area contributed by atoms with Crippen LogP contribution in [0.4, 0.5) is 5.69 Å². The van der Waals surface area contributed by atoms with Gasteiger partial charge in [-0.3, -0.25) is 4.79 Å². The largest absolute Gasteiger partial charge is 0.490 e. The van der Waals surface area contributed by atoms with Gasteiger partial charge in [-0.25, -0.2) is 4.79 Å². The van der Waals surface area contributed by atoms with Crippen LogP contribution in [0.25, 0.3) is 6.08 Å². The molecule has 1 amide bonds. The van der Waals surface area contributed by atoms with E-state index in [9.17, 15) is 9.59 Å². The Morgan fingerprint density at radius 1 is 1.14 bits per heavy atom. The molecule has 0 saturated heterocycles. The SMILES string of the molecule is CCOc1cc(C=C2C(=O)N(c3ccccc3)N=C2C)ccc1OCC(=O)O. The van der Waals surface area contributed by atoms with E-state index in [1.54, 1.807) is 31.2 Å². The zero-order valence-corrected chi connectivity index (χ0v) is 15.6. The summed E-state index contributed by atoms with van der Waals surface area (Å²) >= 11 is 0. The first-order valence-electron chi connectivity index (χ1n) is 8.78. The zero-order chi connectivity index (χ0) is 20.1. The normalized spacial score (nSPS) is 14.9. The number of benzene rings is 2. The highest BCUT2D eigenvalue weighted by Gasteiger charge is 2.28. The van der Waals surface area contributed by atoms with Crippen molar-refractivity contribution in [3.05, 3.63) is 59.7 Å². The van der Waals surface area contributed by atoms with E-state index in [4.69, 9.17) is 14.6 Å². The number of anilines is 1. The van der Waals surface area contributed by atoms with E-state index in [0.29, 0.717) is 35.1 Å². The molecule has 28 heavy (non-hydrogen) atoms. The smallest absolute Gasteiger partial charge is 0.341 e. The third kappa shape index (κ3) is 4.20. The molecule has 2 aromatic rings. The molecule has 1 aliphatic rings. The summed E-state index contributed by atoms with van der Waals surface area (Å²) in [5, 5.41) is 14.5. The van der Waals surface area contributed by atoms with Crippen molar-refractivity contribution < 1.29 is 24.2 Å². The summed E-state index contributed by atoms with van der Waals surface area (Å²) in [7, 11) is 0. The summed E-state index contributed by atoms with van der Waals surface area (Å²) in [4.78, 5) is 23.5. The van der Waals surface area contributed by atoms with Crippen LogP contribution in [0.5, 0.6) is 11.5 Å². The van der Waals surface area contributed by atoms with Crippen molar-refractivity contribution in [3.8, 4) is 11.5 Å². The minimum Gasteiger partial charge on any atom is -0.490 e. The second kappa shape index (κ2) is 8.39. The molecular formula is C21H20N2O5. The van der Waals surface area contributed by atoms with Crippen LogP contribution in [0.1, 0.15) is 19.4 Å². The molecule has 0 fully saturated rings. The Kier molecular flexibility index (Phi) is 5.74. The zero-order valence-electron chi connectivity index (χ0n) is 15.6. The highest BCUT2D eigenvalue weighted by atomic mass is 16.5. The van der Waals surface area contributed by atoms with Crippen LogP contribution in [0.15, 0.2) is 59.2 Å². The third-order valence-electron chi connectivity index (χ3n) is 3.99. The fraction of sp³-hybridized carbons (Fsp3) is 0.190. The van der Waals surface area contributed by atoms with Crippen LogP contribution in [0.3, 0.4) is 0 Å². The molecule has 0 aliphatic carbocycles. The lowest BCUT2D eigenvalue weighted by atomic mass is 10.1. The summed E-state index contributed by atoms with van der Waals surface area (Å²) in [6.45, 7) is 3.53. The van der Waals surface area contributed by atoms with E-state index >= 15 is 0 Å². The Morgan fingerprint density at radius 2 is 1.89 bits per heavy atom. The quantitative estimate of drug-likeness (QED) is 0.744. The summed E-state index contributed by atoms with van der Waals surface area (Å²) in [6, 6.07) is 14.3. The predicted molar refractivity (Wildman–Crippen MR) is 106 cm³/mol. The van der Waals surface area contributed by atoms with Gasteiger partial charge in [0.05, 0.1) is 23.6 Å². The van der Waals surface area contributed by atoms with Gasteiger partial charge < -0.3 is 14.6 Å². The van der Waals surface area contributed by atoms with Crippen molar-refractivity contribution in [2.24, 2.45) is 5.10 Å². The molecule has 0 unspecified atom stereocenters. The average Bonchev–Trinajstić information content (AvgIpc) is 2.96. The topological polar surface area (TPSA) is 88.4 Å². The first-order chi connectivity index (χ1) is 13.5. The van der Waals surface area contributed by atoms with E-state index in [-0.39, 0.29) is 5.91 Å². The summed E-state index contributed by atoms with van der Waals surface area (Å²) in [5.41, 5.74) is 2.50. The van der Waals surface area contributed by atoms with E-state index in [1.807, 2.05) is 37.3 Å². The first kappa shape index (κ1) is 19.2. The van der Waals surface area contributed by atoms with Crippen molar-refractivity contribution in [1.29, 1.82) is 0 Å². The van der Waals surface area contributed by atoms with Gasteiger partial charge in [0.15, 0.2) is 18.1 Å². The van der Waals surface area contributed by atoms with Crippen LogP contribution >= 0.6 is 0 Å². The fourth-order valence-corrected chi connectivity index (χ4v) is 2.74. The number of carboxylic acids is 1. The minimum atomic E-state index is -1.07. The van der Waals surface area contributed by atoms with Crippen LogP contribution < -0.4 is 14.5 Å². The highest BCUT2D eigenvalue weighted by molar-refractivity contribution is 6.32. The molecule has 0 spiro atoms. The average molecular weight is 380 g/mol. The number of carboxylic acid groups (broad SMARTS) is 1. The maximum Gasteiger partial charge on any atom is 0.341 e. The minimum absolute atomic E-state index is 0.215. The Balaban J connectivity index is 1.88. The number of ether oxygens (including phenoxy) is 2. The van der Waals surface area contributed by atoms with Gasteiger partial charge in [0.25, 0.3) is 5.91 Å². The molecule has 2 aromatic carbocycles. The molecule has 0 aromatic heterocycles. The molecule has 1 aliphatic heterocycles. The number of carbonyl (C=O) groups excluding carboxylic acids is 1. The third-order valence-corrected chi connectivity index (χ3v) is 3.99. The molecule has 7 nitrogen and oxygen atoms in total. The Morgan fingerprint density at radius 3 is 2.57 bits per heavy atom. The molecule has 3 rings (SSSR count). The maximum atomic E-state index is 12.8. The number of rotatable bonds is 7. The lowest BCUT2D eigenvalue weighted by Crippen LogP contribution is -2.21. The first-order valence-corrected chi connectivity index (χ1v) is 8.78. The Bertz CT molecular complexity index is 951. The number of hydrogen-bond acceptors (Lipinski definition) is 5. The van der Waals surface area contributed by atoms with E-state index in [2.05, 4.69) is 5.10 Å². The van der Waals surface area contributed by atoms with Crippen molar-refractivity contribution in [2.45, 2.75) is 13.8 Å². The molecular weight excluding hydrogens is 360 g/mol. The number of carbonyl (C=O) groups is 2. The summed E-state index contributed by atoms with van der Waals surface area (Å²) in [5.74, 6) is -0.538. The van der Waals surface area contributed by atoms with Crippen LogP contribution in [0, 0.1) is 0 Å². The summed E-state index contributed by atoms with van der Waals surface area (Å²) in [6.07, 6.45) is 1.73. The number of nitrogens with zero attached hydrogens (tertiary/aromatic N) is 2. The van der Waals surface area contributed by atoms with Crippen LogP contribution in [-0.4, -0.2) is 35.9 Å². The Labute approximate surface area is 162 Å². The molecule has 7 heteroatoms. The van der Waals surface area contributed by atoms with Gasteiger partial charge in [-0.15, -0.1) is 0 Å².